The van der Waals surface area contributed by atoms with Crippen LogP contribution in [-0.2, 0) is 4.74 Å². The molecule has 0 radical (unpaired) electrons. The summed E-state index contributed by atoms with van der Waals surface area (Å²) in [5.41, 5.74) is 0. The average Bonchev–Trinajstić information content (AvgIpc) is 2.17. The maximum atomic E-state index is 8.60. The van der Waals surface area contributed by atoms with Crippen LogP contribution in [-0.4, -0.2) is 49.0 Å². The number of rotatable bonds is 5. The second-order valence-corrected chi connectivity index (χ2v) is 3.64. The Kier molecular flexibility index (Phi) is 5.35. The lowest BCUT2D eigenvalue weighted by atomic mass is 10.1. The van der Waals surface area contributed by atoms with Crippen molar-refractivity contribution in [2.75, 3.05) is 32.8 Å². The van der Waals surface area contributed by atoms with Crippen molar-refractivity contribution in [2.24, 2.45) is 0 Å². The van der Waals surface area contributed by atoms with Gasteiger partial charge in [-0.05, 0) is 25.8 Å². The van der Waals surface area contributed by atoms with Crippen LogP contribution < -0.4 is 0 Å². The van der Waals surface area contributed by atoms with E-state index >= 15 is 0 Å². The van der Waals surface area contributed by atoms with E-state index in [-0.39, 0.29) is 6.61 Å². The summed E-state index contributed by atoms with van der Waals surface area (Å²) in [5, 5.41) is 8.60. The molecule has 0 amide bonds. The Labute approximate surface area is 80.7 Å². The minimum atomic E-state index is 0.148. The predicted octanol–water partition coefficient (Wildman–Crippen LogP) is 0.870. The van der Waals surface area contributed by atoms with Crippen molar-refractivity contribution >= 4 is 0 Å². The van der Waals surface area contributed by atoms with Gasteiger partial charge in [-0.1, -0.05) is 6.92 Å². The molecule has 0 aromatic carbocycles. The Morgan fingerprint density at radius 1 is 1.38 bits per heavy atom. The monoisotopic (exact) mass is 187 g/mol. The standard InChI is InChI=1S/C10H21NO2/c1-2-5-11-6-3-10(4-7-11)13-9-8-12/h10,12H,2-9H2,1H3. The van der Waals surface area contributed by atoms with Gasteiger partial charge in [0.05, 0.1) is 19.3 Å². The second kappa shape index (κ2) is 6.35. The summed E-state index contributed by atoms with van der Waals surface area (Å²) in [7, 11) is 0. The highest BCUT2D eigenvalue weighted by Gasteiger charge is 2.18. The topological polar surface area (TPSA) is 32.7 Å². The van der Waals surface area contributed by atoms with Gasteiger partial charge in [0.1, 0.15) is 0 Å². The van der Waals surface area contributed by atoms with Crippen molar-refractivity contribution < 1.29 is 9.84 Å². The van der Waals surface area contributed by atoms with E-state index in [0.717, 1.165) is 25.9 Å². The molecule has 3 heteroatoms. The van der Waals surface area contributed by atoms with Gasteiger partial charge in [0, 0.05) is 13.1 Å². The van der Waals surface area contributed by atoms with E-state index in [2.05, 4.69) is 11.8 Å². The third kappa shape index (κ3) is 4.07. The summed E-state index contributed by atoms with van der Waals surface area (Å²) < 4.78 is 5.48. The minimum Gasteiger partial charge on any atom is -0.394 e. The van der Waals surface area contributed by atoms with E-state index in [1.54, 1.807) is 0 Å². The Morgan fingerprint density at radius 2 is 2.08 bits per heavy atom. The molecule has 0 atom stereocenters. The molecule has 1 fully saturated rings. The molecule has 0 saturated carbocycles. The third-order valence-electron chi connectivity index (χ3n) is 2.52. The molecule has 1 saturated heterocycles. The summed E-state index contributed by atoms with van der Waals surface area (Å²) in [6.45, 7) is 6.39. The number of ether oxygens (including phenoxy) is 1. The van der Waals surface area contributed by atoms with Crippen molar-refractivity contribution in [3.8, 4) is 0 Å². The molecule has 0 bridgehead atoms. The molecule has 13 heavy (non-hydrogen) atoms. The smallest absolute Gasteiger partial charge is 0.0701 e. The van der Waals surface area contributed by atoms with Gasteiger partial charge in [0.15, 0.2) is 0 Å². The van der Waals surface area contributed by atoms with E-state index in [0.29, 0.717) is 12.7 Å². The van der Waals surface area contributed by atoms with Crippen molar-refractivity contribution in [3.63, 3.8) is 0 Å². The zero-order chi connectivity index (χ0) is 9.52. The molecule has 1 aliphatic heterocycles. The fourth-order valence-electron chi connectivity index (χ4n) is 1.84. The Hall–Kier alpha value is -0.120. The maximum Gasteiger partial charge on any atom is 0.0701 e. The summed E-state index contributed by atoms with van der Waals surface area (Å²) in [4.78, 5) is 2.48. The van der Waals surface area contributed by atoms with Gasteiger partial charge >= 0.3 is 0 Å². The quantitative estimate of drug-likeness (QED) is 0.693. The van der Waals surface area contributed by atoms with Crippen molar-refractivity contribution in [1.82, 2.24) is 4.90 Å². The van der Waals surface area contributed by atoms with Gasteiger partial charge in [-0.15, -0.1) is 0 Å². The molecule has 1 aliphatic rings. The molecular weight excluding hydrogens is 166 g/mol. The van der Waals surface area contributed by atoms with Gasteiger partial charge in [-0.25, -0.2) is 0 Å². The zero-order valence-electron chi connectivity index (χ0n) is 8.54. The highest BCUT2D eigenvalue weighted by molar-refractivity contribution is 4.71. The van der Waals surface area contributed by atoms with Gasteiger partial charge in [0.25, 0.3) is 0 Å². The second-order valence-electron chi connectivity index (χ2n) is 3.64. The van der Waals surface area contributed by atoms with Gasteiger partial charge in [0.2, 0.25) is 0 Å². The van der Waals surface area contributed by atoms with Crippen LogP contribution in [0.5, 0.6) is 0 Å². The highest BCUT2D eigenvalue weighted by Crippen LogP contribution is 2.13. The Balaban J connectivity index is 2.08. The third-order valence-corrected chi connectivity index (χ3v) is 2.52. The van der Waals surface area contributed by atoms with Crippen LogP contribution in [0.4, 0.5) is 0 Å². The largest absolute Gasteiger partial charge is 0.394 e. The van der Waals surface area contributed by atoms with Crippen molar-refractivity contribution in [1.29, 1.82) is 0 Å². The number of piperidine rings is 1. The van der Waals surface area contributed by atoms with E-state index in [4.69, 9.17) is 9.84 Å². The number of aliphatic hydroxyl groups is 1. The van der Waals surface area contributed by atoms with E-state index in [1.165, 1.54) is 13.0 Å². The predicted molar refractivity (Wildman–Crippen MR) is 52.8 cm³/mol. The number of hydrogen-bond acceptors (Lipinski definition) is 3. The van der Waals surface area contributed by atoms with E-state index < -0.39 is 0 Å². The summed E-state index contributed by atoms with van der Waals surface area (Å²) in [5.74, 6) is 0. The molecule has 1 heterocycles. The first-order valence-electron chi connectivity index (χ1n) is 5.31. The molecule has 0 spiro atoms. The van der Waals surface area contributed by atoms with Crippen LogP contribution in [0, 0.1) is 0 Å². The molecule has 1 rings (SSSR count). The van der Waals surface area contributed by atoms with Crippen molar-refractivity contribution in [3.05, 3.63) is 0 Å². The van der Waals surface area contributed by atoms with Crippen LogP contribution in [0.3, 0.4) is 0 Å². The zero-order valence-corrected chi connectivity index (χ0v) is 8.54. The van der Waals surface area contributed by atoms with E-state index in [1.807, 2.05) is 0 Å². The van der Waals surface area contributed by atoms with Crippen LogP contribution in [0.2, 0.25) is 0 Å². The van der Waals surface area contributed by atoms with Crippen LogP contribution in [0.25, 0.3) is 0 Å². The molecule has 1 N–H and O–H groups in total. The van der Waals surface area contributed by atoms with Crippen molar-refractivity contribution in [2.45, 2.75) is 32.3 Å². The maximum absolute atomic E-state index is 8.60. The average molecular weight is 187 g/mol. The number of aliphatic hydroxyl groups excluding tert-OH is 1. The molecule has 78 valence electrons. The first kappa shape index (κ1) is 11.0. The lowest BCUT2D eigenvalue weighted by Gasteiger charge is -2.31. The molecule has 0 aromatic rings. The van der Waals surface area contributed by atoms with Gasteiger partial charge < -0.3 is 14.7 Å². The highest BCUT2D eigenvalue weighted by atomic mass is 16.5. The molecule has 0 aliphatic carbocycles. The Bertz CT molecular complexity index is 122. The lowest BCUT2D eigenvalue weighted by molar-refractivity contribution is -0.00762. The molecule has 3 nitrogen and oxygen atoms in total. The number of nitrogens with zero attached hydrogens (tertiary/aromatic N) is 1. The fraction of sp³-hybridized carbons (Fsp3) is 1.00. The van der Waals surface area contributed by atoms with Gasteiger partial charge in [-0.2, -0.15) is 0 Å². The van der Waals surface area contributed by atoms with Crippen LogP contribution in [0.15, 0.2) is 0 Å². The normalized spacial score (nSPS) is 20.8. The van der Waals surface area contributed by atoms with Crippen LogP contribution in [0.1, 0.15) is 26.2 Å². The molecular formula is C10H21NO2. The van der Waals surface area contributed by atoms with Crippen LogP contribution >= 0.6 is 0 Å². The number of hydrogen-bond donors (Lipinski definition) is 1. The summed E-state index contributed by atoms with van der Waals surface area (Å²) >= 11 is 0. The SMILES string of the molecule is CCCN1CCC(OCCO)CC1. The van der Waals surface area contributed by atoms with Gasteiger partial charge in [-0.3, -0.25) is 0 Å². The first-order chi connectivity index (χ1) is 6.36. The Morgan fingerprint density at radius 3 is 2.62 bits per heavy atom. The molecule has 0 unspecified atom stereocenters. The molecule has 0 aromatic heterocycles. The van der Waals surface area contributed by atoms with E-state index in [9.17, 15) is 0 Å². The fourth-order valence-corrected chi connectivity index (χ4v) is 1.84. The lowest BCUT2D eigenvalue weighted by Crippen LogP contribution is -2.37. The number of likely N-dealkylation sites (tertiary alicyclic amines) is 1. The minimum absolute atomic E-state index is 0.148. The first-order valence-corrected chi connectivity index (χ1v) is 5.31. The summed E-state index contributed by atoms with van der Waals surface area (Å²) in [6.07, 6.45) is 3.88. The summed E-state index contributed by atoms with van der Waals surface area (Å²) in [6, 6.07) is 0.